The molecule has 0 bridgehead atoms. The zero-order valence-corrected chi connectivity index (χ0v) is 18.9. The highest BCUT2D eigenvalue weighted by Gasteiger charge is 2.36. The summed E-state index contributed by atoms with van der Waals surface area (Å²) in [5, 5.41) is 0.237. The summed E-state index contributed by atoms with van der Waals surface area (Å²) in [6.07, 6.45) is 3.73. The predicted molar refractivity (Wildman–Crippen MR) is 117 cm³/mol. The van der Waals surface area contributed by atoms with Gasteiger partial charge in [0.05, 0.1) is 19.2 Å². The summed E-state index contributed by atoms with van der Waals surface area (Å²) in [7, 11) is -0.222. The van der Waals surface area contributed by atoms with Crippen molar-refractivity contribution in [3.8, 4) is 11.5 Å². The van der Waals surface area contributed by atoms with E-state index < -0.39 is 10.0 Å². The van der Waals surface area contributed by atoms with Crippen molar-refractivity contribution < 1.29 is 17.9 Å². The summed E-state index contributed by atoms with van der Waals surface area (Å²) < 4.78 is 38.8. The number of nitrogens with zero attached hydrogens (tertiary/aromatic N) is 1. The lowest BCUT2D eigenvalue weighted by Gasteiger charge is -2.35. The highest BCUT2D eigenvalue weighted by molar-refractivity contribution is 7.89. The molecule has 0 amide bonds. The molecule has 4 rings (SSSR count). The molecule has 1 atom stereocenters. The van der Waals surface area contributed by atoms with Crippen LogP contribution in [0.15, 0.2) is 35.2 Å². The molecule has 162 valence electrons. The van der Waals surface area contributed by atoms with E-state index in [0.29, 0.717) is 12.6 Å². The Morgan fingerprint density at radius 1 is 1.20 bits per heavy atom. The number of halogens is 1. The van der Waals surface area contributed by atoms with E-state index in [-0.39, 0.29) is 9.92 Å². The van der Waals surface area contributed by atoms with Crippen LogP contribution in [0.1, 0.15) is 35.6 Å². The van der Waals surface area contributed by atoms with Crippen LogP contribution in [0.4, 0.5) is 0 Å². The largest absolute Gasteiger partial charge is 0.493 e. The number of ether oxygens (including phenoxy) is 2. The quantitative estimate of drug-likeness (QED) is 0.623. The van der Waals surface area contributed by atoms with Gasteiger partial charge in [0.1, 0.15) is 4.90 Å². The lowest BCUT2D eigenvalue weighted by molar-refractivity contribution is 0.184. The fraction of sp³-hybridized carbons (Fsp3) is 0.455. The summed E-state index contributed by atoms with van der Waals surface area (Å²) in [6.45, 7) is 2.18. The average molecular weight is 451 g/mol. The maximum Gasteiger partial charge on any atom is 0.242 e. The number of rotatable bonds is 8. The van der Waals surface area contributed by atoms with Gasteiger partial charge in [0.25, 0.3) is 0 Å². The number of benzene rings is 2. The average Bonchev–Trinajstić information content (AvgIpc) is 3.18. The fourth-order valence-electron chi connectivity index (χ4n) is 4.72. The molecular weight excluding hydrogens is 424 g/mol. The SMILES string of the molecule is COc1cc2c3c(c1OC)CCC3N(CCCNS(=O)(=O)c1ccccc1Cl)CC2. The summed E-state index contributed by atoms with van der Waals surface area (Å²) in [5.41, 5.74) is 4.00. The highest BCUT2D eigenvalue weighted by atomic mass is 35.5. The Balaban J connectivity index is 1.40. The van der Waals surface area contributed by atoms with E-state index in [0.717, 1.165) is 50.3 Å². The third-order valence-electron chi connectivity index (χ3n) is 6.05. The van der Waals surface area contributed by atoms with Gasteiger partial charge in [0.2, 0.25) is 10.0 Å². The molecule has 0 aromatic heterocycles. The van der Waals surface area contributed by atoms with Crippen LogP contribution in [0.2, 0.25) is 5.02 Å². The standard InChI is InChI=1S/C22H27ClN2O4S/c1-28-19-14-15-10-13-25(18-9-8-16(21(15)18)22(19)29-2)12-5-11-24-30(26,27)20-7-4-3-6-17(20)23/h3-4,6-7,14,18,24H,5,8-13H2,1-2H3. The molecule has 1 aliphatic heterocycles. The van der Waals surface area contributed by atoms with Gasteiger partial charge in [-0.2, -0.15) is 0 Å². The van der Waals surface area contributed by atoms with E-state index in [1.54, 1.807) is 32.4 Å². The molecule has 0 spiro atoms. The molecule has 0 saturated carbocycles. The molecule has 2 aromatic rings. The van der Waals surface area contributed by atoms with Gasteiger partial charge in [-0.05, 0) is 55.0 Å². The fourth-order valence-corrected chi connectivity index (χ4v) is 6.31. The van der Waals surface area contributed by atoms with Crippen molar-refractivity contribution in [2.75, 3.05) is 33.9 Å². The van der Waals surface area contributed by atoms with Gasteiger partial charge in [0.15, 0.2) is 11.5 Å². The summed E-state index contributed by atoms with van der Waals surface area (Å²) in [4.78, 5) is 2.59. The van der Waals surface area contributed by atoms with Crippen molar-refractivity contribution in [3.63, 3.8) is 0 Å². The molecule has 1 heterocycles. The summed E-state index contributed by atoms with van der Waals surface area (Å²) in [6, 6.07) is 8.98. The Morgan fingerprint density at radius 2 is 2.00 bits per heavy atom. The van der Waals surface area contributed by atoms with Crippen LogP contribution in [0, 0.1) is 0 Å². The molecule has 1 aliphatic carbocycles. The van der Waals surface area contributed by atoms with Gasteiger partial charge in [-0.1, -0.05) is 23.7 Å². The van der Waals surface area contributed by atoms with E-state index in [4.69, 9.17) is 21.1 Å². The lowest BCUT2D eigenvalue weighted by Crippen LogP contribution is -2.36. The minimum Gasteiger partial charge on any atom is -0.493 e. The lowest BCUT2D eigenvalue weighted by atomic mass is 9.92. The predicted octanol–water partition coefficient (Wildman–Crippen LogP) is 3.57. The van der Waals surface area contributed by atoms with Gasteiger partial charge < -0.3 is 9.47 Å². The Bertz CT molecular complexity index is 1040. The highest BCUT2D eigenvalue weighted by Crippen LogP contribution is 2.48. The molecule has 0 fully saturated rings. The first-order chi connectivity index (χ1) is 14.5. The number of hydrogen-bond donors (Lipinski definition) is 1. The minimum absolute atomic E-state index is 0.125. The molecule has 1 N–H and O–H groups in total. The van der Waals surface area contributed by atoms with Crippen LogP contribution < -0.4 is 14.2 Å². The van der Waals surface area contributed by atoms with Crippen molar-refractivity contribution in [3.05, 3.63) is 52.0 Å². The van der Waals surface area contributed by atoms with Crippen LogP contribution >= 0.6 is 11.6 Å². The molecular formula is C22H27ClN2O4S. The Morgan fingerprint density at radius 3 is 2.73 bits per heavy atom. The third-order valence-corrected chi connectivity index (χ3v) is 8.01. The molecule has 6 nitrogen and oxygen atoms in total. The second-order valence-electron chi connectivity index (χ2n) is 7.69. The van der Waals surface area contributed by atoms with Crippen molar-refractivity contribution in [1.82, 2.24) is 9.62 Å². The van der Waals surface area contributed by atoms with Gasteiger partial charge in [-0.3, -0.25) is 4.90 Å². The number of methoxy groups -OCH3 is 2. The van der Waals surface area contributed by atoms with Gasteiger partial charge >= 0.3 is 0 Å². The van der Waals surface area contributed by atoms with E-state index in [2.05, 4.69) is 15.7 Å². The minimum atomic E-state index is -3.60. The Labute approximate surface area is 183 Å². The molecule has 0 radical (unpaired) electrons. The van der Waals surface area contributed by atoms with Gasteiger partial charge in [-0.15, -0.1) is 0 Å². The first-order valence-electron chi connectivity index (χ1n) is 10.2. The number of hydrogen-bond acceptors (Lipinski definition) is 5. The van der Waals surface area contributed by atoms with Crippen LogP contribution in [0.25, 0.3) is 0 Å². The van der Waals surface area contributed by atoms with Gasteiger partial charge in [-0.25, -0.2) is 13.1 Å². The number of sulfonamides is 1. The summed E-state index contributed by atoms with van der Waals surface area (Å²) in [5.74, 6) is 1.67. The van der Waals surface area contributed by atoms with Crippen LogP contribution in [0.3, 0.4) is 0 Å². The molecule has 1 unspecified atom stereocenters. The maximum atomic E-state index is 12.5. The second-order valence-corrected chi connectivity index (χ2v) is 9.83. The first-order valence-corrected chi connectivity index (χ1v) is 12.1. The van der Waals surface area contributed by atoms with Crippen molar-refractivity contribution in [2.45, 2.75) is 36.6 Å². The Hall–Kier alpha value is -1.80. The van der Waals surface area contributed by atoms with E-state index >= 15 is 0 Å². The van der Waals surface area contributed by atoms with E-state index in [9.17, 15) is 8.42 Å². The second kappa shape index (κ2) is 8.75. The van der Waals surface area contributed by atoms with E-state index in [1.807, 2.05) is 0 Å². The number of nitrogens with one attached hydrogen (secondary N) is 1. The Kier molecular flexibility index (Phi) is 6.25. The topological polar surface area (TPSA) is 67.9 Å². The monoisotopic (exact) mass is 450 g/mol. The zero-order chi connectivity index (χ0) is 21.3. The molecule has 8 heteroatoms. The molecule has 30 heavy (non-hydrogen) atoms. The van der Waals surface area contributed by atoms with Crippen molar-refractivity contribution >= 4 is 21.6 Å². The third kappa shape index (κ3) is 3.91. The molecule has 0 saturated heterocycles. The normalized spacial score (nSPS) is 18.3. The molecule has 2 aromatic carbocycles. The summed E-state index contributed by atoms with van der Waals surface area (Å²) >= 11 is 6.03. The smallest absolute Gasteiger partial charge is 0.242 e. The van der Waals surface area contributed by atoms with Crippen LogP contribution in [0.5, 0.6) is 11.5 Å². The van der Waals surface area contributed by atoms with Crippen LogP contribution in [-0.4, -0.2) is 47.2 Å². The van der Waals surface area contributed by atoms with Crippen molar-refractivity contribution in [2.24, 2.45) is 0 Å². The zero-order valence-electron chi connectivity index (χ0n) is 17.3. The van der Waals surface area contributed by atoms with Gasteiger partial charge in [0, 0.05) is 31.2 Å². The van der Waals surface area contributed by atoms with Crippen LogP contribution in [-0.2, 0) is 22.9 Å². The maximum absolute atomic E-state index is 12.5. The van der Waals surface area contributed by atoms with Crippen molar-refractivity contribution in [1.29, 1.82) is 0 Å². The molecule has 2 aliphatic rings. The first kappa shape index (κ1) is 21.4. The van der Waals surface area contributed by atoms with E-state index in [1.165, 1.54) is 22.8 Å².